The van der Waals surface area contributed by atoms with Gasteiger partial charge in [-0.25, -0.2) is 0 Å². The van der Waals surface area contributed by atoms with E-state index in [-0.39, 0.29) is 24.0 Å². The molecule has 0 aromatic heterocycles. The molecule has 0 radical (unpaired) electrons. The molecule has 1 aromatic rings. The topological polar surface area (TPSA) is 58.1 Å². The molecular formula is C24H41IN4O2. The Morgan fingerprint density at radius 1 is 1.19 bits per heavy atom. The summed E-state index contributed by atoms with van der Waals surface area (Å²) in [7, 11) is 1.83. The molecule has 0 aliphatic carbocycles. The molecule has 6 nitrogen and oxygen atoms in total. The second kappa shape index (κ2) is 14.9. The smallest absolute Gasteiger partial charge is 0.191 e. The van der Waals surface area contributed by atoms with E-state index in [0.29, 0.717) is 12.5 Å². The van der Waals surface area contributed by atoms with E-state index in [1.807, 2.05) is 7.05 Å². The van der Waals surface area contributed by atoms with E-state index in [4.69, 9.17) is 9.47 Å². The summed E-state index contributed by atoms with van der Waals surface area (Å²) < 4.78 is 11.6. The predicted molar refractivity (Wildman–Crippen MR) is 139 cm³/mol. The monoisotopic (exact) mass is 544 g/mol. The maximum Gasteiger partial charge on any atom is 0.191 e. The molecule has 2 fully saturated rings. The lowest BCUT2D eigenvalue weighted by Crippen LogP contribution is -2.38. The quantitative estimate of drug-likeness (QED) is 0.214. The van der Waals surface area contributed by atoms with Gasteiger partial charge >= 0.3 is 0 Å². The summed E-state index contributed by atoms with van der Waals surface area (Å²) >= 11 is 0. The van der Waals surface area contributed by atoms with Gasteiger partial charge in [0.1, 0.15) is 5.75 Å². The number of ether oxygens (including phenoxy) is 2. The third-order valence-corrected chi connectivity index (χ3v) is 6.03. The first-order valence-electron chi connectivity index (χ1n) is 11.7. The molecule has 2 saturated heterocycles. The fourth-order valence-electron chi connectivity index (χ4n) is 4.13. The largest absolute Gasteiger partial charge is 0.493 e. The van der Waals surface area contributed by atoms with E-state index in [2.05, 4.69) is 45.6 Å². The second-order valence-electron chi connectivity index (χ2n) is 8.61. The van der Waals surface area contributed by atoms with Crippen LogP contribution in [0, 0.1) is 12.8 Å². The molecule has 2 aliphatic heterocycles. The molecule has 1 unspecified atom stereocenters. The van der Waals surface area contributed by atoms with Gasteiger partial charge in [-0.2, -0.15) is 0 Å². The molecule has 1 aromatic carbocycles. The number of aryl methyl sites for hydroxylation is 1. The first-order chi connectivity index (χ1) is 14.7. The van der Waals surface area contributed by atoms with E-state index in [9.17, 15) is 0 Å². The van der Waals surface area contributed by atoms with Crippen LogP contribution in [0.15, 0.2) is 23.2 Å². The normalized spacial score (nSPS) is 20.1. The molecule has 0 amide bonds. The van der Waals surface area contributed by atoms with Crippen LogP contribution >= 0.6 is 24.0 Å². The van der Waals surface area contributed by atoms with Crippen molar-refractivity contribution in [3.8, 4) is 5.75 Å². The zero-order valence-corrected chi connectivity index (χ0v) is 21.7. The number of halogens is 1. The Labute approximate surface area is 205 Å². The number of likely N-dealkylation sites (tertiary alicyclic amines) is 1. The van der Waals surface area contributed by atoms with Crippen molar-refractivity contribution in [2.75, 3.05) is 53.0 Å². The number of benzene rings is 1. The molecule has 2 aliphatic rings. The summed E-state index contributed by atoms with van der Waals surface area (Å²) in [5.74, 6) is 2.32. The maximum absolute atomic E-state index is 6.16. The van der Waals surface area contributed by atoms with Gasteiger partial charge in [0.2, 0.25) is 0 Å². The number of hydrogen-bond donors (Lipinski definition) is 2. The summed E-state index contributed by atoms with van der Waals surface area (Å²) in [5, 5.41) is 6.90. The highest BCUT2D eigenvalue weighted by atomic mass is 127. The van der Waals surface area contributed by atoms with Crippen molar-refractivity contribution in [2.24, 2.45) is 10.9 Å². The zero-order valence-electron chi connectivity index (χ0n) is 19.3. The van der Waals surface area contributed by atoms with Crippen LogP contribution in [0.2, 0.25) is 0 Å². The van der Waals surface area contributed by atoms with Gasteiger partial charge in [-0.1, -0.05) is 25.0 Å². The van der Waals surface area contributed by atoms with Crippen LogP contribution in [0.25, 0.3) is 0 Å². The van der Waals surface area contributed by atoms with Crippen LogP contribution in [-0.4, -0.2) is 63.9 Å². The minimum atomic E-state index is 0. The van der Waals surface area contributed by atoms with Crippen LogP contribution in [0.1, 0.15) is 49.7 Å². The Balaban J connectivity index is 0.00000341. The first-order valence-corrected chi connectivity index (χ1v) is 11.7. The Bertz CT molecular complexity index is 657. The first kappa shape index (κ1) is 26.2. The van der Waals surface area contributed by atoms with Crippen molar-refractivity contribution >= 4 is 29.9 Å². The van der Waals surface area contributed by atoms with Crippen molar-refractivity contribution in [1.29, 1.82) is 0 Å². The second-order valence-corrected chi connectivity index (χ2v) is 8.61. The Morgan fingerprint density at radius 2 is 2.00 bits per heavy atom. The summed E-state index contributed by atoms with van der Waals surface area (Å²) in [6.45, 7) is 9.83. The number of hydrogen-bond acceptors (Lipinski definition) is 4. The zero-order chi connectivity index (χ0) is 21.0. The predicted octanol–water partition coefficient (Wildman–Crippen LogP) is 3.96. The fourth-order valence-corrected chi connectivity index (χ4v) is 4.13. The van der Waals surface area contributed by atoms with Crippen LogP contribution < -0.4 is 15.4 Å². The van der Waals surface area contributed by atoms with E-state index in [1.165, 1.54) is 50.9 Å². The summed E-state index contributed by atoms with van der Waals surface area (Å²) in [6, 6.07) is 6.42. The average molecular weight is 545 g/mol. The minimum absolute atomic E-state index is 0. The lowest BCUT2D eigenvalue weighted by molar-refractivity contribution is 0.166. The van der Waals surface area contributed by atoms with Gasteiger partial charge in [0.05, 0.1) is 13.2 Å². The summed E-state index contributed by atoms with van der Waals surface area (Å²) in [4.78, 5) is 6.99. The Kier molecular flexibility index (Phi) is 12.6. The van der Waals surface area contributed by atoms with Crippen molar-refractivity contribution in [1.82, 2.24) is 15.5 Å². The molecule has 31 heavy (non-hydrogen) atoms. The molecule has 0 bridgehead atoms. The lowest BCUT2D eigenvalue weighted by Gasteiger charge is -2.20. The molecule has 2 N–H and O–H groups in total. The van der Waals surface area contributed by atoms with Crippen LogP contribution in [-0.2, 0) is 11.3 Å². The van der Waals surface area contributed by atoms with Crippen molar-refractivity contribution in [2.45, 2.75) is 52.0 Å². The highest BCUT2D eigenvalue weighted by Gasteiger charge is 2.17. The number of nitrogens with zero attached hydrogens (tertiary/aromatic N) is 2. The van der Waals surface area contributed by atoms with Gasteiger partial charge in [0.25, 0.3) is 0 Å². The molecule has 176 valence electrons. The number of rotatable bonds is 9. The van der Waals surface area contributed by atoms with Crippen molar-refractivity contribution < 1.29 is 9.47 Å². The molecular weight excluding hydrogens is 503 g/mol. The Morgan fingerprint density at radius 3 is 2.71 bits per heavy atom. The van der Waals surface area contributed by atoms with E-state index in [0.717, 1.165) is 56.5 Å². The SMILES string of the molecule is CN=C(NCCCN1CCCCCC1)NCc1ccc(C)cc1OCC1CCOC1.I. The molecule has 0 saturated carbocycles. The molecule has 2 heterocycles. The summed E-state index contributed by atoms with van der Waals surface area (Å²) in [5.41, 5.74) is 2.37. The van der Waals surface area contributed by atoms with Crippen molar-refractivity contribution in [3.05, 3.63) is 29.3 Å². The standard InChI is InChI=1S/C24H40N4O2.HI/c1-20-8-9-22(23(16-20)30-19-21-10-15-29-18-21)17-27-24(25-2)26-11-7-14-28-12-5-3-4-6-13-28;/h8-9,16,21H,3-7,10-15,17-19H2,1-2H3,(H2,25,26,27);1H. The number of aliphatic imine (C=N–C) groups is 1. The summed E-state index contributed by atoms with van der Waals surface area (Å²) in [6.07, 6.45) is 7.72. The van der Waals surface area contributed by atoms with Crippen LogP contribution in [0.3, 0.4) is 0 Å². The van der Waals surface area contributed by atoms with Gasteiger partial charge in [-0.3, -0.25) is 4.99 Å². The average Bonchev–Trinajstić information content (AvgIpc) is 3.15. The van der Waals surface area contributed by atoms with Crippen molar-refractivity contribution in [3.63, 3.8) is 0 Å². The third kappa shape index (κ3) is 9.53. The van der Waals surface area contributed by atoms with E-state index >= 15 is 0 Å². The van der Waals surface area contributed by atoms with Gasteiger partial charge < -0.3 is 25.0 Å². The highest BCUT2D eigenvalue weighted by Crippen LogP contribution is 2.22. The van der Waals surface area contributed by atoms with Crippen LogP contribution in [0.5, 0.6) is 5.75 Å². The van der Waals surface area contributed by atoms with Gasteiger partial charge in [-0.15, -0.1) is 24.0 Å². The number of guanidine groups is 1. The van der Waals surface area contributed by atoms with Gasteiger partial charge in [-0.05, 0) is 63.9 Å². The molecule has 1 atom stereocenters. The van der Waals surface area contributed by atoms with Gasteiger partial charge in [0, 0.05) is 38.2 Å². The van der Waals surface area contributed by atoms with E-state index in [1.54, 1.807) is 0 Å². The number of nitrogens with one attached hydrogen (secondary N) is 2. The third-order valence-electron chi connectivity index (χ3n) is 6.03. The Hall–Kier alpha value is -1.06. The highest BCUT2D eigenvalue weighted by molar-refractivity contribution is 14.0. The fraction of sp³-hybridized carbons (Fsp3) is 0.708. The van der Waals surface area contributed by atoms with E-state index < -0.39 is 0 Å². The van der Waals surface area contributed by atoms with Gasteiger partial charge in [0.15, 0.2) is 5.96 Å². The minimum Gasteiger partial charge on any atom is -0.493 e. The molecule has 0 spiro atoms. The lowest BCUT2D eigenvalue weighted by atomic mass is 10.1. The maximum atomic E-state index is 6.16. The molecule has 3 rings (SSSR count). The van der Waals surface area contributed by atoms with Crippen LogP contribution in [0.4, 0.5) is 0 Å². The molecule has 7 heteroatoms.